The molecule has 2 atom stereocenters. The molecule has 4 heteroatoms. The number of methoxy groups -OCH3 is 1. The lowest BCUT2D eigenvalue weighted by molar-refractivity contribution is 0.0936. The number of amides is 1. The SMILES string of the molecule is COc1ccc(C)cc1C(=O)NC1CCCC1Br. The number of hydrogen-bond acceptors (Lipinski definition) is 2. The lowest BCUT2D eigenvalue weighted by Gasteiger charge is -2.17. The third-order valence-electron chi connectivity index (χ3n) is 3.35. The largest absolute Gasteiger partial charge is 0.496 e. The average Bonchev–Trinajstić information content (AvgIpc) is 2.75. The van der Waals surface area contributed by atoms with Gasteiger partial charge >= 0.3 is 0 Å². The number of carbonyl (C=O) groups excluding carboxylic acids is 1. The van der Waals surface area contributed by atoms with Gasteiger partial charge in [-0.25, -0.2) is 0 Å². The molecule has 1 saturated carbocycles. The van der Waals surface area contributed by atoms with Gasteiger partial charge in [0.15, 0.2) is 0 Å². The van der Waals surface area contributed by atoms with E-state index in [1.165, 1.54) is 0 Å². The predicted octanol–water partition coefficient (Wildman–Crippen LogP) is 3.05. The summed E-state index contributed by atoms with van der Waals surface area (Å²) in [6, 6.07) is 5.87. The molecule has 2 unspecified atom stereocenters. The summed E-state index contributed by atoms with van der Waals surface area (Å²) in [5.41, 5.74) is 1.67. The van der Waals surface area contributed by atoms with E-state index in [-0.39, 0.29) is 11.9 Å². The highest BCUT2D eigenvalue weighted by Crippen LogP contribution is 2.27. The van der Waals surface area contributed by atoms with Crippen molar-refractivity contribution in [2.24, 2.45) is 0 Å². The van der Waals surface area contributed by atoms with E-state index >= 15 is 0 Å². The van der Waals surface area contributed by atoms with Crippen LogP contribution in [0.15, 0.2) is 18.2 Å². The number of benzene rings is 1. The van der Waals surface area contributed by atoms with Crippen molar-refractivity contribution in [3.05, 3.63) is 29.3 Å². The summed E-state index contributed by atoms with van der Waals surface area (Å²) in [6.45, 7) is 1.97. The van der Waals surface area contributed by atoms with Crippen LogP contribution in [0.4, 0.5) is 0 Å². The fourth-order valence-corrected chi connectivity index (χ4v) is 3.04. The molecule has 0 aromatic heterocycles. The molecular formula is C14H18BrNO2. The van der Waals surface area contributed by atoms with Gasteiger partial charge in [0.2, 0.25) is 0 Å². The maximum Gasteiger partial charge on any atom is 0.255 e. The molecule has 98 valence electrons. The average molecular weight is 312 g/mol. The van der Waals surface area contributed by atoms with Crippen LogP contribution >= 0.6 is 15.9 Å². The lowest BCUT2D eigenvalue weighted by atomic mass is 10.1. The number of carbonyl (C=O) groups is 1. The maximum atomic E-state index is 12.3. The third kappa shape index (κ3) is 2.86. The van der Waals surface area contributed by atoms with Crippen LogP contribution in [0.3, 0.4) is 0 Å². The first-order chi connectivity index (χ1) is 8.61. The number of nitrogens with one attached hydrogen (secondary N) is 1. The van der Waals surface area contributed by atoms with E-state index in [1.54, 1.807) is 7.11 Å². The molecule has 1 amide bonds. The number of ether oxygens (including phenoxy) is 1. The van der Waals surface area contributed by atoms with E-state index in [0.29, 0.717) is 16.1 Å². The predicted molar refractivity (Wildman–Crippen MR) is 75.6 cm³/mol. The second-order valence-corrected chi connectivity index (χ2v) is 5.91. The molecule has 1 aromatic rings. The smallest absolute Gasteiger partial charge is 0.255 e. The van der Waals surface area contributed by atoms with E-state index < -0.39 is 0 Å². The van der Waals surface area contributed by atoms with Crippen molar-refractivity contribution < 1.29 is 9.53 Å². The Bertz CT molecular complexity index is 447. The molecule has 1 aromatic carbocycles. The molecule has 3 nitrogen and oxygen atoms in total. The molecule has 0 saturated heterocycles. The Labute approximate surface area is 116 Å². The first-order valence-electron chi connectivity index (χ1n) is 6.21. The summed E-state index contributed by atoms with van der Waals surface area (Å²) in [6.07, 6.45) is 3.32. The molecule has 1 fully saturated rings. The molecule has 1 N–H and O–H groups in total. The summed E-state index contributed by atoms with van der Waals surface area (Å²) in [5, 5.41) is 3.08. The highest BCUT2D eigenvalue weighted by Gasteiger charge is 2.27. The van der Waals surface area contributed by atoms with Crippen molar-refractivity contribution in [2.75, 3.05) is 7.11 Å². The van der Waals surface area contributed by atoms with E-state index in [0.717, 1.165) is 24.8 Å². The van der Waals surface area contributed by atoms with Gasteiger partial charge < -0.3 is 10.1 Å². The zero-order chi connectivity index (χ0) is 13.1. The van der Waals surface area contributed by atoms with E-state index in [1.807, 2.05) is 25.1 Å². The molecular weight excluding hydrogens is 294 g/mol. The molecule has 0 radical (unpaired) electrons. The van der Waals surface area contributed by atoms with E-state index in [9.17, 15) is 4.79 Å². The van der Waals surface area contributed by atoms with Gasteiger partial charge in [0.25, 0.3) is 5.91 Å². The number of hydrogen-bond donors (Lipinski definition) is 1. The Balaban J connectivity index is 2.15. The Morgan fingerprint density at radius 3 is 2.83 bits per heavy atom. The molecule has 2 rings (SSSR count). The van der Waals surface area contributed by atoms with Gasteiger partial charge in [0.05, 0.1) is 12.7 Å². The monoisotopic (exact) mass is 311 g/mol. The lowest BCUT2D eigenvalue weighted by Crippen LogP contribution is -2.37. The number of aryl methyl sites for hydroxylation is 1. The second kappa shape index (κ2) is 5.74. The minimum absolute atomic E-state index is 0.0492. The van der Waals surface area contributed by atoms with Crippen LogP contribution in [0.2, 0.25) is 0 Å². The van der Waals surface area contributed by atoms with Crippen LogP contribution in [0.5, 0.6) is 5.75 Å². The zero-order valence-corrected chi connectivity index (χ0v) is 12.3. The minimum atomic E-state index is -0.0492. The highest BCUT2D eigenvalue weighted by atomic mass is 79.9. The van der Waals surface area contributed by atoms with Gasteiger partial charge in [0, 0.05) is 10.9 Å². The number of alkyl halides is 1. The summed E-state index contributed by atoms with van der Waals surface area (Å²) in [7, 11) is 1.59. The molecule has 1 aliphatic carbocycles. The fraction of sp³-hybridized carbons (Fsp3) is 0.500. The van der Waals surface area contributed by atoms with Crippen LogP contribution < -0.4 is 10.1 Å². The van der Waals surface area contributed by atoms with Gasteiger partial charge in [-0.05, 0) is 31.9 Å². The van der Waals surface area contributed by atoms with Gasteiger partial charge in [-0.15, -0.1) is 0 Å². The number of rotatable bonds is 3. The Morgan fingerprint density at radius 1 is 1.44 bits per heavy atom. The number of halogens is 1. The standard InChI is InChI=1S/C14H18BrNO2/c1-9-6-7-13(18-2)10(8-9)14(17)16-12-5-3-4-11(12)15/h6-8,11-12H,3-5H2,1-2H3,(H,16,17). The van der Waals surface area contributed by atoms with Gasteiger partial charge in [-0.3, -0.25) is 4.79 Å². The summed E-state index contributed by atoms with van der Waals surface area (Å²) < 4.78 is 5.24. The van der Waals surface area contributed by atoms with Crippen molar-refractivity contribution in [3.8, 4) is 5.75 Å². The van der Waals surface area contributed by atoms with Crippen molar-refractivity contribution in [2.45, 2.75) is 37.1 Å². The summed E-state index contributed by atoms with van der Waals surface area (Å²) >= 11 is 3.61. The second-order valence-electron chi connectivity index (χ2n) is 4.73. The van der Waals surface area contributed by atoms with E-state index in [2.05, 4.69) is 21.2 Å². The molecule has 18 heavy (non-hydrogen) atoms. The summed E-state index contributed by atoms with van der Waals surface area (Å²) in [5.74, 6) is 0.578. The molecule has 1 aliphatic rings. The normalized spacial score (nSPS) is 22.8. The van der Waals surface area contributed by atoms with Crippen LogP contribution in [-0.4, -0.2) is 23.9 Å². The van der Waals surface area contributed by atoms with Gasteiger partial charge in [0.1, 0.15) is 5.75 Å². The van der Waals surface area contributed by atoms with Gasteiger partial charge in [-0.1, -0.05) is 34.0 Å². The van der Waals surface area contributed by atoms with Gasteiger partial charge in [-0.2, -0.15) is 0 Å². The highest BCUT2D eigenvalue weighted by molar-refractivity contribution is 9.09. The molecule has 0 spiro atoms. The Kier molecular flexibility index (Phi) is 4.27. The maximum absolute atomic E-state index is 12.3. The summed E-state index contributed by atoms with van der Waals surface area (Å²) in [4.78, 5) is 12.7. The minimum Gasteiger partial charge on any atom is -0.496 e. The van der Waals surface area contributed by atoms with Crippen molar-refractivity contribution in [1.29, 1.82) is 0 Å². The van der Waals surface area contributed by atoms with Crippen molar-refractivity contribution in [3.63, 3.8) is 0 Å². The van der Waals surface area contributed by atoms with Crippen LogP contribution in [0, 0.1) is 6.92 Å². The van der Waals surface area contributed by atoms with E-state index in [4.69, 9.17) is 4.74 Å². The molecule has 0 aliphatic heterocycles. The quantitative estimate of drug-likeness (QED) is 0.871. The molecule has 0 bridgehead atoms. The van der Waals surface area contributed by atoms with Crippen molar-refractivity contribution >= 4 is 21.8 Å². The fourth-order valence-electron chi connectivity index (χ4n) is 2.32. The van der Waals surface area contributed by atoms with Crippen molar-refractivity contribution in [1.82, 2.24) is 5.32 Å². The topological polar surface area (TPSA) is 38.3 Å². The first kappa shape index (κ1) is 13.4. The zero-order valence-electron chi connectivity index (χ0n) is 10.7. The van der Waals surface area contributed by atoms with Crippen LogP contribution in [0.1, 0.15) is 35.2 Å². The molecule has 0 heterocycles. The third-order valence-corrected chi connectivity index (χ3v) is 4.44. The van der Waals surface area contributed by atoms with Crippen LogP contribution in [0.25, 0.3) is 0 Å². The first-order valence-corrected chi connectivity index (χ1v) is 7.13. The Morgan fingerprint density at radius 2 is 2.22 bits per heavy atom. The Hall–Kier alpha value is -1.03. The van der Waals surface area contributed by atoms with Crippen LogP contribution in [-0.2, 0) is 0 Å².